The predicted molar refractivity (Wildman–Crippen MR) is 78.1 cm³/mol. The van der Waals surface area contributed by atoms with Crippen molar-refractivity contribution in [2.75, 3.05) is 18.8 Å². The molecule has 0 aromatic heterocycles. The molecule has 1 aromatic rings. The van der Waals surface area contributed by atoms with E-state index >= 15 is 0 Å². The minimum absolute atomic E-state index is 0.0124. The molecule has 106 valence electrons. The number of nitrogens with zero attached hydrogens (tertiary/aromatic N) is 1. The Labute approximate surface area is 115 Å². The van der Waals surface area contributed by atoms with Crippen LogP contribution >= 0.6 is 0 Å². The highest BCUT2D eigenvalue weighted by Crippen LogP contribution is 2.25. The standard InChI is InChI=1S/C14H22N2O2S/c1-2-5-12-8-9-16(10-12)19(17,18)11-13-6-3-4-7-14(13)15/h3-4,6-7,12H,2,5,8-11,15H2,1H3. The van der Waals surface area contributed by atoms with Gasteiger partial charge < -0.3 is 5.73 Å². The molecule has 1 saturated heterocycles. The lowest BCUT2D eigenvalue weighted by Crippen LogP contribution is -2.30. The summed E-state index contributed by atoms with van der Waals surface area (Å²) in [6.07, 6.45) is 3.21. The van der Waals surface area contributed by atoms with E-state index in [0.29, 0.717) is 30.3 Å². The lowest BCUT2D eigenvalue weighted by Gasteiger charge is -2.17. The van der Waals surface area contributed by atoms with Crippen LogP contribution in [-0.2, 0) is 15.8 Å². The van der Waals surface area contributed by atoms with Crippen molar-refractivity contribution in [2.45, 2.75) is 31.9 Å². The van der Waals surface area contributed by atoms with Crippen LogP contribution in [0.5, 0.6) is 0 Å². The zero-order valence-electron chi connectivity index (χ0n) is 11.4. The molecule has 5 heteroatoms. The van der Waals surface area contributed by atoms with Gasteiger partial charge in [-0.25, -0.2) is 12.7 Å². The first-order chi connectivity index (χ1) is 9.03. The van der Waals surface area contributed by atoms with Crippen molar-refractivity contribution in [1.82, 2.24) is 4.31 Å². The molecule has 4 nitrogen and oxygen atoms in total. The largest absolute Gasteiger partial charge is 0.398 e. The molecule has 2 rings (SSSR count). The molecule has 19 heavy (non-hydrogen) atoms. The molecule has 1 aromatic carbocycles. The molecule has 1 aliphatic rings. The van der Waals surface area contributed by atoms with Gasteiger partial charge in [0, 0.05) is 18.8 Å². The first kappa shape index (κ1) is 14.3. The Bertz CT molecular complexity index is 528. The van der Waals surface area contributed by atoms with Crippen molar-refractivity contribution in [1.29, 1.82) is 0 Å². The number of anilines is 1. The number of para-hydroxylation sites is 1. The van der Waals surface area contributed by atoms with Gasteiger partial charge in [0.1, 0.15) is 0 Å². The average Bonchev–Trinajstić information content (AvgIpc) is 2.82. The first-order valence-electron chi connectivity index (χ1n) is 6.84. The molecule has 0 radical (unpaired) electrons. The maximum absolute atomic E-state index is 12.4. The fraction of sp³-hybridized carbons (Fsp3) is 0.571. The quantitative estimate of drug-likeness (QED) is 0.842. The second-order valence-corrected chi connectivity index (χ2v) is 7.23. The summed E-state index contributed by atoms with van der Waals surface area (Å²) in [5, 5.41) is 0. The number of rotatable bonds is 5. The van der Waals surface area contributed by atoms with Gasteiger partial charge in [0.05, 0.1) is 5.75 Å². The van der Waals surface area contributed by atoms with Crippen LogP contribution in [0.25, 0.3) is 0 Å². The summed E-state index contributed by atoms with van der Waals surface area (Å²) in [5.41, 5.74) is 7.07. The van der Waals surface area contributed by atoms with E-state index in [1.165, 1.54) is 0 Å². The molecule has 1 unspecified atom stereocenters. The lowest BCUT2D eigenvalue weighted by molar-refractivity contribution is 0.444. The smallest absolute Gasteiger partial charge is 0.218 e. The number of nitrogens with two attached hydrogens (primary N) is 1. The molecule has 0 aliphatic carbocycles. The Morgan fingerprint density at radius 3 is 2.79 bits per heavy atom. The van der Waals surface area contributed by atoms with Gasteiger partial charge in [-0.1, -0.05) is 31.5 Å². The van der Waals surface area contributed by atoms with Crippen LogP contribution in [0.2, 0.25) is 0 Å². The lowest BCUT2D eigenvalue weighted by atomic mass is 10.0. The number of hydrogen-bond donors (Lipinski definition) is 1. The molecule has 0 saturated carbocycles. The van der Waals surface area contributed by atoms with Crippen molar-refractivity contribution in [3.63, 3.8) is 0 Å². The normalized spacial score (nSPS) is 20.8. The van der Waals surface area contributed by atoms with E-state index < -0.39 is 10.0 Å². The summed E-state index contributed by atoms with van der Waals surface area (Å²) < 4.78 is 26.4. The summed E-state index contributed by atoms with van der Waals surface area (Å²) in [4.78, 5) is 0. The van der Waals surface area contributed by atoms with Gasteiger partial charge in [0.15, 0.2) is 0 Å². The van der Waals surface area contributed by atoms with Crippen LogP contribution < -0.4 is 5.73 Å². The molecular formula is C14H22N2O2S. The zero-order chi connectivity index (χ0) is 13.9. The molecule has 0 amide bonds. The molecular weight excluding hydrogens is 260 g/mol. The highest BCUT2D eigenvalue weighted by Gasteiger charge is 2.31. The summed E-state index contributed by atoms with van der Waals surface area (Å²) >= 11 is 0. The minimum Gasteiger partial charge on any atom is -0.398 e. The summed E-state index contributed by atoms with van der Waals surface area (Å²) in [6.45, 7) is 3.46. The Hall–Kier alpha value is -1.07. The van der Waals surface area contributed by atoms with E-state index in [-0.39, 0.29) is 5.75 Å². The topological polar surface area (TPSA) is 63.4 Å². The predicted octanol–water partition coefficient (Wildman–Crippen LogP) is 2.22. The Morgan fingerprint density at radius 1 is 1.37 bits per heavy atom. The van der Waals surface area contributed by atoms with Gasteiger partial charge >= 0.3 is 0 Å². The van der Waals surface area contributed by atoms with Crippen LogP contribution in [0.1, 0.15) is 31.7 Å². The van der Waals surface area contributed by atoms with Crippen molar-refractivity contribution in [2.24, 2.45) is 5.92 Å². The Kier molecular flexibility index (Phi) is 4.47. The molecule has 1 heterocycles. The van der Waals surface area contributed by atoms with Crippen molar-refractivity contribution < 1.29 is 8.42 Å². The van der Waals surface area contributed by atoms with Crippen molar-refractivity contribution in [3.05, 3.63) is 29.8 Å². The summed E-state index contributed by atoms with van der Waals surface area (Å²) in [6, 6.07) is 7.17. The molecule has 1 atom stereocenters. The van der Waals surface area contributed by atoms with Crippen LogP contribution in [0.3, 0.4) is 0 Å². The van der Waals surface area contributed by atoms with Crippen molar-refractivity contribution >= 4 is 15.7 Å². The van der Waals surface area contributed by atoms with Crippen LogP contribution in [0.15, 0.2) is 24.3 Å². The molecule has 1 fully saturated rings. The Balaban J connectivity index is 2.06. The van der Waals surface area contributed by atoms with E-state index in [9.17, 15) is 8.42 Å². The van der Waals surface area contributed by atoms with Crippen LogP contribution in [0.4, 0.5) is 5.69 Å². The Morgan fingerprint density at radius 2 is 2.11 bits per heavy atom. The number of benzene rings is 1. The monoisotopic (exact) mass is 282 g/mol. The molecule has 1 aliphatic heterocycles. The van der Waals surface area contributed by atoms with E-state index in [2.05, 4.69) is 6.92 Å². The molecule has 0 spiro atoms. The average molecular weight is 282 g/mol. The van der Waals surface area contributed by atoms with Gasteiger partial charge in [-0.2, -0.15) is 0 Å². The second-order valence-electron chi connectivity index (χ2n) is 5.26. The fourth-order valence-electron chi connectivity index (χ4n) is 2.65. The number of hydrogen-bond acceptors (Lipinski definition) is 3. The second kappa shape index (κ2) is 5.92. The fourth-order valence-corrected chi connectivity index (χ4v) is 4.31. The highest BCUT2D eigenvalue weighted by atomic mass is 32.2. The highest BCUT2D eigenvalue weighted by molar-refractivity contribution is 7.88. The third-order valence-electron chi connectivity index (χ3n) is 3.73. The van der Waals surface area contributed by atoms with Crippen molar-refractivity contribution in [3.8, 4) is 0 Å². The van der Waals surface area contributed by atoms with Gasteiger partial charge in [0.2, 0.25) is 10.0 Å². The van der Waals surface area contributed by atoms with E-state index in [4.69, 9.17) is 5.73 Å². The van der Waals surface area contributed by atoms with E-state index in [0.717, 1.165) is 19.3 Å². The van der Waals surface area contributed by atoms with Gasteiger partial charge in [-0.3, -0.25) is 0 Å². The SMILES string of the molecule is CCCC1CCN(S(=O)(=O)Cc2ccccc2N)C1. The number of nitrogen functional groups attached to an aromatic ring is 1. The maximum Gasteiger partial charge on any atom is 0.218 e. The third-order valence-corrected chi connectivity index (χ3v) is 5.53. The summed E-state index contributed by atoms with van der Waals surface area (Å²) in [7, 11) is -3.23. The van der Waals surface area contributed by atoms with Gasteiger partial charge in [-0.05, 0) is 30.4 Å². The van der Waals surface area contributed by atoms with Crippen LogP contribution in [-0.4, -0.2) is 25.8 Å². The zero-order valence-corrected chi connectivity index (χ0v) is 12.2. The van der Waals surface area contributed by atoms with E-state index in [1.54, 1.807) is 16.4 Å². The molecule has 2 N–H and O–H groups in total. The number of sulfonamides is 1. The van der Waals surface area contributed by atoms with Crippen LogP contribution in [0, 0.1) is 5.92 Å². The maximum atomic E-state index is 12.4. The summed E-state index contributed by atoms with van der Waals surface area (Å²) in [5.74, 6) is 0.534. The van der Waals surface area contributed by atoms with Gasteiger partial charge in [-0.15, -0.1) is 0 Å². The first-order valence-corrected chi connectivity index (χ1v) is 8.45. The molecule has 0 bridgehead atoms. The van der Waals surface area contributed by atoms with Gasteiger partial charge in [0.25, 0.3) is 0 Å². The third kappa shape index (κ3) is 3.48. The van der Waals surface area contributed by atoms with E-state index in [1.807, 2.05) is 12.1 Å². The minimum atomic E-state index is -3.23.